The molecular formula is C12H14N2. The first-order chi connectivity index (χ1) is 6.81. The van der Waals surface area contributed by atoms with Crippen molar-refractivity contribution in [3.8, 4) is 0 Å². The van der Waals surface area contributed by atoms with Gasteiger partial charge in [-0.15, -0.1) is 0 Å². The molecule has 1 saturated carbocycles. The molecule has 0 atom stereocenters. The van der Waals surface area contributed by atoms with Crippen LogP contribution in [0.5, 0.6) is 0 Å². The Morgan fingerprint density at radius 1 is 1.43 bits per heavy atom. The van der Waals surface area contributed by atoms with Crippen molar-refractivity contribution < 1.29 is 0 Å². The van der Waals surface area contributed by atoms with Gasteiger partial charge in [-0.05, 0) is 37.3 Å². The first kappa shape index (κ1) is 8.04. The number of aromatic nitrogens is 2. The van der Waals surface area contributed by atoms with E-state index in [4.69, 9.17) is 0 Å². The molecule has 1 aromatic heterocycles. The van der Waals surface area contributed by atoms with E-state index in [2.05, 4.69) is 41.1 Å². The fourth-order valence-corrected chi connectivity index (χ4v) is 1.84. The highest BCUT2D eigenvalue weighted by molar-refractivity contribution is 5.78. The quantitative estimate of drug-likeness (QED) is 0.705. The molecule has 0 aliphatic heterocycles. The fourth-order valence-electron chi connectivity index (χ4n) is 1.84. The first-order valence-corrected chi connectivity index (χ1v) is 5.25. The minimum Gasteiger partial charge on any atom is -0.271 e. The smallest absolute Gasteiger partial charge is 0.0925 e. The fraction of sp³-hybridized carbons (Fsp3) is 0.417. The second kappa shape index (κ2) is 2.84. The lowest BCUT2D eigenvalue weighted by molar-refractivity contribution is 0.568. The summed E-state index contributed by atoms with van der Waals surface area (Å²) in [6.45, 7) is 3.22. The molecule has 0 spiro atoms. The van der Waals surface area contributed by atoms with E-state index in [1.807, 2.05) is 0 Å². The van der Waals surface area contributed by atoms with Gasteiger partial charge in [-0.2, -0.15) is 5.10 Å². The Kier molecular flexibility index (Phi) is 1.63. The molecule has 1 fully saturated rings. The van der Waals surface area contributed by atoms with Crippen molar-refractivity contribution in [1.82, 2.24) is 9.78 Å². The van der Waals surface area contributed by atoms with E-state index in [9.17, 15) is 0 Å². The number of fused-ring (bicyclic) bond motifs is 1. The predicted molar refractivity (Wildman–Crippen MR) is 57.2 cm³/mol. The number of nitrogens with zero attached hydrogens (tertiary/aromatic N) is 2. The maximum atomic E-state index is 4.57. The molecule has 0 amide bonds. The van der Waals surface area contributed by atoms with Crippen LogP contribution in [-0.2, 0) is 6.54 Å². The molecule has 1 aliphatic carbocycles. The molecule has 1 aromatic carbocycles. The zero-order valence-electron chi connectivity index (χ0n) is 8.40. The van der Waals surface area contributed by atoms with Gasteiger partial charge in [-0.1, -0.05) is 12.1 Å². The zero-order valence-corrected chi connectivity index (χ0v) is 8.40. The maximum Gasteiger partial charge on any atom is 0.0925 e. The third-order valence-corrected chi connectivity index (χ3v) is 2.85. The Bertz CT molecular complexity index is 466. The van der Waals surface area contributed by atoms with Crippen molar-refractivity contribution >= 4 is 10.9 Å². The Morgan fingerprint density at radius 3 is 3.07 bits per heavy atom. The first-order valence-electron chi connectivity index (χ1n) is 5.25. The molecule has 0 bridgehead atoms. The molecule has 1 aliphatic rings. The van der Waals surface area contributed by atoms with Crippen LogP contribution in [0.4, 0.5) is 0 Å². The van der Waals surface area contributed by atoms with Gasteiger partial charge in [0, 0.05) is 18.1 Å². The van der Waals surface area contributed by atoms with Gasteiger partial charge in [0.25, 0.3) is 0 Å². The third-order valence-electron chi connectivity index (χ3n) is 2.85. The van der Waals surface area contributed by atoms with Crippen LogP contribution in [0.3, 0.4) is 0 Å². The van der Waals surface area contributed by atoms with Gasteiger partial charge < -0.3 is 0 Å². The molecule has 0 radical (unpaired) electrons. The second-order valence-corrected chi connectivity index (χ2v) is 4.36. The molecule has 1 heterocycles. The van der Waals surface area contributed by atoms with E-state index in [1.54, 1.807) is 0 Å². The SMILES string of the molecule is Cc1ccc2cn(CC3CC3)nc2c1. The largest absolute Gasteiger partial charge is 0.271 e. The lowest BCUT2D eigenvalue weighted by atomic mass is 10.2. The summed E-state index contributed by atoms with van der Waals surface area (Å²) in [5.74, 6) is 0.894. The number of benzene rings is 1. The highest BCUT2D eigenvalue weighted by Gasteiger charge is 2.21. The normalized spacial score (nSPS) is 16.4. The monoisotopic (exact) mass is 186 g/mol. The summed E-state index contributed by atoms with van der Waals surface area (Å²) in [7, 11) is 0. The van der Waals surface area contributed by atoms with Crippen LogP contribution < -0.4 is 0 Å². The van der Waals surface area contributed by atoms with Crippen molar-refractivity contribution in [2.24, 2.45) is 5.92 Å². The van der Waals surface area contributed by atoms with Crippen LogP contribution in [0, 0.1) is 12.8 Å². The minimum atomic E-state index is 0.894. The lowest BCUT2D eigenvalue weighted by Gasteiger charge is -1.95. The average molecular weight is 186 g/mol. The van der Waals surface area contributed by atoms with Gasteiger partial charge in [0.1, 0.15) is 0 Å². The van der Waals surface area contributed by atoms with E-state index in [0.717, 1.165) is 18.0 Å². The van der Waals surface area contributed by atoms with E-state index in [0.29, 0.717) is 0 Å². The Hall–Kier alpha value is -1.31. The predicted octanol–water partition coefficient (Wildman–Crippen LogP) is 2.75. The molecule has 0 N–H and O–H groups in total. The van der Waals surface area contributed by atoms with Gasteiger partial charge in [-0.25, -0.2) is 0 Å². The van der Waals surface area contributed by atoms with E-state index >= 15 is 0 Å². The lowest BCUT2D eigenvalue weighted by Crippen LogP contribution is -1.99. The molecule has 3 rings (SSSR count). The van der Waals surface area contributed by atoms with Crippen LogP contribution >= 0.6 is 0 Å². The van der Waals surface area contributed by atoms with Crippen molar-refractivity contribution in [2.45, 2.75) is 26.3 Å². The molecule has 2 heteroatoms. The van der Waals surface area contributed by atoms with Gasteiger partial charge >= 0.3 is 0 Å². The van der Waals surface area contributed by atoms with Gasteiger partial charge in [0.15, 0.2) is 0 Å². The highest BCUT2D eigenvalue weighted by Crippen LogP contribution is 2.30. The maximum absolute atomic E-state index is 4.57. The summed E-state index contributed by atoms with van der Waals surface area (Å²) in [5, 5.41) is 5.83. The van der Waals surface area contributed by atoms with E-state index in [1.165, 1.54) is 23.8 Å². The third kappa shape index (κ3) is 1.41. The minimum absolute atomic E-state index is 0.894. The zero-order chi connectivity index (χ0) is 9.54. The summed E-state index contributed by atoms with van der Waals surface area (Å²) < 4.78 is 2.10. The summed E-state index contributed by atoms with van der Waals surface area (Å²) in [5.41, 5.74) is 2.42. The molecule has 0 unspecified atom stereocenters. The van der Waals surface area contributed by atoms with Crippen molar-refractivity contribution in [3.05, 3.63) is 30.0 Å². The van der Waals surface area contributed by atoms with Crippen molar-refractivity contribution in [1.29, 1.82) is 0 Å². The highest BCUT2D eigenvalue weighted by atomic mass is 15.3. The Labute approximate surface area is 83.5 Å². The van der Waals surface area contributed by atoms with E-state index < -0.39 is 0 Å². The average Bonchev–Trinajstić information content (AvgIpc) is 2.84. The summed E-state index contributed by atoms with van der Waals surface area (Å²) in [4.78, 5) is 0. The van der Waals surface area contributed by atoms with Gasteiger partial charge in [-0.3, -0.25) is 4.68 Å². The number of rotatable bonds is 2. The van der Waals surface area contributed by atoms with Crippen LogP contribution in [0.15, 0.2) is 24.4 Å². The Balaban J connectivity index is 2.01. The molecular weight excluding hydrogens is 172 g/mol. The molecule has 0 saturated heterocycles. The molecule has 14 heavy (non-hydrogen) atoms. The topological polar surface area (TPSA) is 17.8 Å². The second-order valence-electron chi connectivity index (χ2n) is 4.36. The van der Waals surface area contributed by atoms with E-state index in [-0.39, 0.29) is 0 Å². The van der Waals surface area contributed by atoms with Crippen LogP contribution in [0.2, 0.25) is 0 Å². The Morgan fingerprint density at radius 2 is 2.29 bits per heavy atom. The summed E-state index contributed by atoms with van der Waals surface area (Å²) >= 11 is 0. The van der Waals surface area contributed by atoms with Crippen LogP contribution in [-0.4, -0.2) is 9.78 Å². The molecule has 2 aromatic rings. The number of aryl methyl sites for hydroxylation is 1. The number of hydrogen-bond donors (Lipinski definition) is 0. The van der Waals surface area contributed by atoms with Crippen LogP contribution in [0.25, 0.3) is 10.9 Å². The van der Waals surface area contributed by atoms with Gasteiger partial charge in [0.2, 0.25) is 0 Å². The van der Waals surface area contributed by atoms with Crippen LogP contribution in [0.1, 0.15) is 18.4 Å². The van der Waals surface area contributed by atoms with Crippen molar-refractivity contribution in [3.63, 3.8) is 0 Å². The summed E-state index contributed by atoms with van der Waals surface area (Å²) in [6, 6.07) is 6.45. The summed E-state index contributed by atoms with van der Waals surface area (Å²) in [6.07, 6.45) is 4.93. The van der Waals surface area contributed by atoms with Crippen molar-refractivity contribution in [2.75, 3.05) is 0 Å². The molecule has 2 nitrogen and oxygen atoms in total. The standard InChI is InChI=1S/C12H14N2/c1-9-2-5-11-8-14(7-10-3-4-10)13-12(11)6-9/h2,5-6,8,10H,3-4,7H2,1H3. The molecule has 72 valence electrons. The number of hydrogen-bond acceptors (Lipinski definition) is 1. The van der Waals surface area contributed by atoms with Gasteiger partial charge in [0.05, 0.1) is 5.52 Å².